The number of imidazole rings is 1. The van der Waals surface area contributed by atoms with Crippen LogP contribution < -0.4 is 0 Å². The zero-order valence-corrected chi connectivity index (χ0v) is 12.7. The maximum absolute atomic E-state index is 4.89. The Morgan fingerprint density at radius 3 is 2.59 bits per heavy atom. The number of hydrogen-bond donors (Lipinski definition) is 0. The van der Waals surface area contributed by atoms with E-state index < -0.39 is 0 Å². The van der Waals surface area contributed by atoms with Crippen LogP contribution in [0.2, 0.25) is 0 Å². The highest BCUT2D eigenvalue weighted by Gasteiger charge is 2.15. The van der Waals surface area contributed by atoms with Gasteiger partial charge in [0.15, 0.2) is 0 Å². The Labute approximate surface area is 130 Å². The van der Waals surface area contributed by atoms with Crippen molar-refractivity contribution < 1.29 is 0 Å². The van der Waals surface area contributed by atoms with Crippen LogP contribution in [-0.4, -0.2) is 9.55 Å². The average Bonchev–Trinajstić information content (AvgIpc) is 2.96. The minimum Gasteiger partial charge on any atom is -0.296 e. The van der Waals surface area contributed by atoms with Crippen molar-refractivity contribution in [2.45, 2.75) is 19.8 Å². The molecule has 0 bridgehead atoms. The molecule has 0 radical (unpaired) electrons. The van der Waals surface area contributed by atoms with E-state index in [1.807, 2.05) is 6.07 Å². The molecular formula is C20H18N2. The van der Waals surface area contributed by atoms with Crippen molar-refractivity contribution in [2.75, 3.05) is 0 Å². The molecule has 0 unspecified atom stereocenters. The van der Waals surface area contributed by atoms with E-state index in [0.717, 1.165) is 29.7 Å². The van der Waals surface area contributed by atoms with Gasteiger partial charge in [-0.1, -0.05) is 54.1 Å². The zero-order chi connectivity index (χ0) is 14.9. The van der Waals surface area contributed by atoms with Gasteiger partial charge in [0.05, 0.1) is 11.0 Å². The number of hydrogen-bond acceptors (Lipinski definition) is 1. The predicted octanol–water partition coefficient (Wildman–Crippen LogP) is 5.20. The molecule has 0 N–H and O–H groups in total. The maximum atomic E-state index is 4.89. The third kappa shape index (κ3) is 2.17. The summed E-state index contributed by atoms with van der Waals surface area (Å²) < 4.78 is 2.31. The van der Waals surface area contributed by atoms with Gasteiger partial charge in [-0.05, 0) is 38.0 Å². The molecule has 0 spiro atoms. The summed E-state index contributed by atoms with van der Waals surface area (Å²) >= 11 is 0. The van der Waals surface area contributed by atoms with Crippen LogP contribution in [0, 0.1) is 6.92 Å². The lowest BCUT2D eigenvalue weighted by Gasteiger charge is -2.15. The number of fused-ring (bicyclic) bond motifs is 1. The minimum atomic E-state index is 1.03. The molecule has 108 valence electrons. The molecular weight excluding hydrogens is 268 g/mol. The Bertz CT molecular complexity index is 880. The molecule has 22 heavy (non-hydrogen) atoms. The van der Waals surface area contributed by atoms with Crippen molar-refractivity contribution in [1.29, 1.82) is 0 Å². The fourth-order valence-corrected chi connectivity index (χ4v) is 2.99. The van der Waals surface area contributed by atoms with Gasteiger partial charge in [-0.15, -0.1) is 0 Å². The van der Waals surface area contributed by atoms with Crippen molar-refractivity contribution in [3.05, 3.63) is 72.3 Å². The molecule has 0 saturated carbocycles. The third-order valence-corrected chi connectivity index (χ3v) is 4.15. The summed E-state index contributed by atoms with van der Waals surface area (Å²) in [4.78, 5) is 4.89. The molecule has 1 aliphatic carbocycles. The zero-order valence-electron chi connectivity index (χ0n) is 12.7. The van der Waals surface area contributed by atoms with Gasteiger partial charge < -0.3 is 0 Å². The normalized spacial score (nSPS) is 14.3. The van der Waals surface area contributed by atoms with Crippen molar-refractivity contribution in [3.63, 3.8) is 0 Å². The van der Waals surface area contributed by atoms with E-state index >= 15 is 0 Å². The molecule has 0 amide bonds. The summed E-state index contributed by atoms with van der Waals surface area (Å²) in [6, 6.07) is 17.0. The van der Waals surface area contributed by atoms with Gasteiger partial charge in [0.1, 0.15) is 5.82 Å². The highest BCUT2D eigenvalue weighted by atomic mass is 15.1. The van der Waals surface area contributed by atoms with Crippen LogP contribution in [-0.2, 0) is 0 Å². The highest BCUT2D eigenvalue weighted by molar-refractivity contribution is 5.85. The molecule has 2 aromatic carbocycles. The fourth-order valence-electron chi connectivity index (χ4n) is 2.99. The second-order valence-corrected chi connectivity index (χ2v) is 5.75. The largest absolute Gasteiger partial charge is 0.296 e. The SMILES string of the molecule is Cc1ccc(-c2nc3ccccc3n2C2=CC=CCC2)cc1. The van der Waals surface area contributed by atoms with Crippen LogP contribution in [0.3, 0.4) is 0 Å². The van der Waals surface area contributed by atoms with Crippen LogP contribution in [0.4, 0.5) is 0 Å². The standard InChI is InChI=1S/C20H18N2/c1-15-11-13-16(14-12-15)20-21-18-9-5-6-10-19(18)22(20)17-7-3-2-4-8-17/h2-3,5-7,9-14H,4,8H2,1H3. The number of benzene rings is 2. The molecule has 1 aromatic heterocycles. The first-order chi connectivity index (χ1) is 10.8. The van der Waals surface area contributed by atoms with Gasteiger partial charge in [-0.25, -0.2) is 4.98 Å². The molecule has 0 aliphatic heterocycles. The van der Waals surface area contributed by atoms with Gasteiger partial charge in [-0.2, -0.15) is 0 Å². The fraction of sp³-hybridized carbons (Fsp3) is 0.150. The highest BCUT2D eigenvalue weighted by Crippen LogP contribution is 2.31. The molecule has 2 nitrogen and oxygen atoms in total. The number of aryl methyl sites for hydroxylation is 1. The first-order valence-corrected chi connectivity index (χ1v) is 7.73. The van der Waals surface area contributed by atoms with Crippen molar-refractivity contribution in [3.8, 4) is 11.4 Å². The first kappa shape index (κ1) is 13.1. The minimum absolute atomic E-state index is 1.03. The summed E-state index contributed by atoms with van der Waals surface area (Å²) in [6.45, 7) is 2.11. The molecule has 2 heteroatoms. The number of allylic oxidation sites excluding steroid dienone is 4. The predicted molar refractivity (Wildman–Crippen MR) is 92.6 cm³/mol. The topological polar surface area (TPSA) is 17.8 Å². The van der Waals surface area contributed by atoms with E-state index in [1.165, 1.54) is 16.8 Å². The van der Waals surface area contributed by atoms with Crippen LogP contribution in [0.5, 0.6) is 0 Å². The van der Waals surface area contributed by atoms with Crippen LogP contribution in [0.25, 0.3) is 28.1 Å². The Morgan fingerprint density at radius 1 is 1.00 bits per heavy atom. The lowest BCUT2D eigenvalue weighted by Crippen LogP contribution is -2.01. The Morgan fingerprint density at radius 2 is 1.82 bits per heavy atom. The van der Waals surface area contributed by atoms with Gasteiger partial charge in [-0.3, -0.25) is 4.57 Å². The van der Waals surface area contributed by atoms with Crippen molar-refractivity contribution in [2.24, 2.45) is 0 Å². The average molecular weight is 286 g/mol. The second kappa shape index (κ2) is 5.30. The van der Waals surface area contributed by atoms with Crippen LogP contribution in [0.15, 0.2) is 66.8 Å². The van der Waals surface area contributed by atoms with E-state index in [4.69, 9.17) is 4.98 Å². The summed E-state index contributed by atoms with van der Waals surface area (Å²) in [5.74, 6) is 1.03. The summed E-state index contributed by atoms with van der Waals surface area (Å²) in [6.07, 6.45) is 8.71. The van der Waals surface area contributed by atoms with Crippen LogP contribution in [0.1, 0.15) is 18.4 Å². The summed E-state index contributed by atoms with van der Waals surface area (Å²) in [5, 5.41) is 0. The van der Waals surface area contributed by atoms with Gasteiger partial charge in [0.25, 0.3) is 0 Å². The quantitative estimate of drug-likeness (QED) is 0.633. The van der Waals surface area contributed by atoms with Gasteiger partial charge in [0.2, 0.25) is 0 Å². The molecule has 0 fully saturated rings. The van der Waals surface area contributed by atoms with Gasteiger partial charge in [0, 0.05) is 11.3 Å². The number of para-hydroxylation sites is 2. The third-order valence-electron chi connectivity index (χ3n) is 4.15. The maximum Gasteiger partial charge on any atom is 0.145 e. The van der Waals surface area contributed by atoms with E-state index in [0.29, 0.717) is 0 Å². The van der Waals surface area contributed by atoms with Crippen molar-refractivity contribution in [1.82, 2.24) is 9.55 Å². The van der Waals surface area contributed by atoms with E-state index in [1.54, 1.807) is 0 Å². The lowest BCUT2D eigenvalue weighted by atomic mass is 10.1. The van der Waals surface area contributed by atoms with Crippen molar-refractivity contribution >= 4 is 16.7 Å². The number of nitrogens with zero attached hydrogens (tertiary/aromatic N) is 2. The Balaban J connectivity index is 1.99. The summed E-state index contributed by atoms with van der Waals surface area (Å²) in [7, 11) is 0. The second-order valence-electron chi connectivity index (χ2n) is 5.75. The Hall–Kier alpha value is -2.61. The number of rotatable bonds is 2. The molecule has 4 rings (SSSR count). The van der Waals surface area contributed by atoms with E-state index in [-0.39, 0.29) is 0 Å². The van der Waals surface area contributed by atoms with Gasteiger partial charge >= 0.3 is 0 Å². The molecule has 3 aromatic rings. The van der Waals surface area contributed by atoms with Crippen LogP contribution >= 0.6 is 0 Å². The molecule has 1 heterocycles. The number of aromatic nitrogens is 2. The smallest absolute Gasteiger partial charge is 0.145 e. The Kier molecular flexibility index (Phi) is 3.15. The lowest BCUT2D eigenvalue weighted by molar-refractivity contribution is 0.960. The van der Waals surface area contributed by atoms with E-state index in [9.17, 15) is 0 Å². The first-order valence-electron chi connectivity index (χ1n) is 7.73. The molecule has 0 atom stereocenters. The molecule has 0 saturated heterocycles. The molecule has 1 aliphatic rings. The summed E-state index contributed by atoms with van der Waals surface area (Å²) in [5.41, 5.74) is 5.98. The monoisotopic (exact) mass is 286 g/mol. The van der Waals surface area contributed by atoms with E-state index in [2.05, 4.69) is 72.2 Å².